The molecule has 268 valence electrons. The van der Waals surface area contributed by atoms with E-state index in [1.54, 1.807) is 13.1 Å². The number of rotatable bonds is 9. The minimum Gasteiger partial charge on any atom is -0.357 e. The van der Waals surface area contributed by atoms with Gasteiger partial charge in [-0.1, -0.05) is 6.07 Å². The zero-order valence-electron chi connectivity index (χ0n) is 28.7. The van der Waals surface area contributed by atoms with Crippen LogP contribution in [0.5, 0.6) is 0 Å². The van der Waals surface area contributed by atoms with E-state index in [4.69, 9.17) is 0 Å². The second-order valence-electron chi connectivity index (χ2n) is 14.5. The van der Waals surface area contributed by atoms with Crippen molar-refractivity contribution in [2.75, 3.05) is 69.3 Å². The van der Waals surface area contributed by atoms with Gasteiger partial charge in [0.15, 0.2) is 0 Å². The maximum absolute atomic E-state index is 13.2. The molecule has 0 saturated carbocycles. The average Bonchev–Trinajstić information content (AvgIpc) is 3.63. The Bertz CT molecular complexity index is 2060. The van der Waals surface area contributed by atoms with Crippen molar-refractivity contribution in [2.45, 2.75) is 63.5 Å². The molecular formula is C35H43F3N8O2S2. The SMILES string of the molecule is CNc1nc(N2CC3(CCCN(Cc4ccc5c(cc(C#N)n5CCN5CCC(S(C)(=O)=O)CC5)c4C)C3)C2)c2cc(CC(F)(F)F)sc2n1. The van der Waals surface area contributed by atoms with E-state index < -0.39 is 22.4 Å². The highest BCUT2D eigenvalue weighted by molar-refractivity contribution is 7.91. The molecule has 0 atom stereocenters. The van der Waals surface area contributed by atoms with E-state index >= 15 is 0 Å². The van der Waals surface area contributed by atoms with Crippen LogP contribution in [-0.4, -0.2) is 103 Å². The summed E-state index contributed by atoms with van der Waals surface area (Å²) in [6, 6.07) is 10.3. The third-order valence-electron chi connectivity index (χ3n) is 10.9. The summed E-state index contributed by atoms with van der Waals surface area (Å²) in [5, 5.41) is 14.5. The van der Waals surface area contributed by atoms with Gasteiger partial charge in [-0.2, -0.15) is 23.4 Å². The summed E-state index contributed by atoms with van der Waals surface area (Å²) in [4.78, 5) is 16.9. The van der Waals surface area contributed by atoms with E-state index in [1.807, 2.05) is 6.07 Å². The molecule has 3 aliphatic heterocycles. The molecule has 10 nitrogen and oxygen atoms in total. The Labute approximate surface area is 294 Å². The van der Waals surface area contributed by atoms with E-state index in [0.29, 0.717) is 47.1 Å². The number of anilines is 2. The first kappa shape index (κ1) is 35.0. The lowest BCUT2D eigenvalue weighted by Gasteiger charge is -2.55. The number of aryl methyl sites for hydroxylation is 1. The summed E-state index contributed by atoms with van der Waals surface area (Å²) in [5.74, 6) is 1.11. The van der Waals surface area contributed by atoms with Gasteiger partial charge in [-0.15, -0.1) is 11.3 Å². The number of aromatic nitrogens is 3. The summed E-state index contributed by atoms with van der Waals surface area (Å²) in [7, 11) is -1.30. The number of benzene rings is 1. The normalized spacial score (nSPS) is 19.3. The van der Waals surface area contributed by atoms with E-state index in [9.17, 15) is 26.9 Å². The van der Waals surface area contributed by atoms with Gasteiger partial charge in [0.25, 0.3) is 0 Å². The number of fused-ring (bicyclic) bond motifs is 2. The lowest BCUT2D eigenvalue weighted by atomic mass is 9.73. The topological polar surface area (TPSA) is 110 Å². The van der Waals surface area contributed by atoms with Gasteiger partial charge in [0.2, 0.25) is 5.95 Å². The Kier molecular flexibility index (Phi) is 9.28. The van der Waals surface area contributed by atoms with Crippen molar-refractivity contribution < 1.29 is 21.6 Å². The number of likely N-dealkylation sites (tertiary alicyclic amines) is 2. The molecule has 3 aromatic heterocycles. The molecule has 50 heavy (non-hydrogen) atoms. The first-order valence-corrected chi connectivity index (χ1v) is 20.0. The van der Waals surface area contributed by atoms with E-state index in [0.717, 1.165) is 87.4 Å². The Hall–Kier alpha value is -3.45. The zero-order valence-corrected chi connectivity index (χ0v) is 30.3. The Morgan fingerprint density at radius 1 is 1.06 bits per heavy atom. The molecular weight excluding hydrogens is 686 g/mol. The van der Waals surface area contributed by atoms with Crippen molar-refractivity contribution in [3.8, 4) is 6.07 Å². The highest BCUT2D eigenvalue weighted by Crippen LogP contribution is 2.44. The molecule has 4 aromatic rings. The smallest absolute Gasteiger partial charge is 0.357 e. The number of hydrogen-bond acceptors (Lipinski definition) is 10. The van der Waals surface area contributed by atoms with Crippen molar-refractivity contribution >= 4 is 54.1 Å². The van der Waals surface area contributed by atoms with Gasteiger partial charge in [0.1, 0.15) is 32.2 Å². The van der Waals surface area contributed by atoms with Crippen LogP contribution in [0.1, 0.15) is 47.4 Å². The quantitative estimate of drug-likeness (QED) is 0.236. The second kappa shape index (κ2) is 13.3. The van der Waals surface area contributed by atoms with Crippen LogP contribution in [0.25, 0.3) is 21.1 Å². The van der Waals surface area contributed by atoms with Crippen LogP contribution in [0.15, 0.2) is 24.3 Å². The largest absolute Gasteiger partial charge is 0.393 e. The average molecular weight is 729 g/mol. The first-order chi connectivity index (χ1) is 23.7. The van der Waals surface area contributed by atoms with Gasteiger partial charge < -0.3 is 19.7 Å². The van der Waals surface area contributed by atoms with Crippen molar-refractivity contribution in [1.29, 1.82) is 5.26 Å². The second-order valence-corrected chi connectivity index (χ2v) is 17.9. The molecule has 6 heterocycles. The predicted molar refractivity (Wildman–Crippen MR) is 192 cm³/mol. The lowest BCUT2D eigenvalue weighted by Crippen LogP contribution is -2.63. The molecule has 7 rings (SSSR count). The molecule has 0 bridgehead atoms. The number of nitrogens with zero attached hydrogens (tertiary/aromatic N) is 7. The predicted octanol–water partition coefficient (Wildman–Crippen LogP) is 5.58. The van der Waals surface area contributed by atoms with Crippen LogP contribution >= 0.6 is 11.3 Å². The number of nitriles is 1. The van der Waals surface area contributed by atoms with Gasteiger partial charge in [0.05, 0.1) is 17.1 Å². The molecule has 3 saturated heterocycles. The molecule has 0 radical (unpaired) electrons. The molecule has 1 spiro atoms. The minimum atomic E-state index is -4.28. The monoisotopic (exact) mass is 728 g/mol. The summed E-state index contributed by atoms with van der Waals surface area (Å²) in [6.45, 7) is 9.37. The fourth-order valence-corrected chi connectivity index (χ4v) is 10.4. The number of hydrogen-bond donors (Lipinski definition) is 1. The van der Waals surface area contributed by atoms with Crippen molar-refractivity contribution in [3.05, 3.63) is 46.0 Å². The molecule has 3 aliphatic rings. The Morgan fingerprint density at radius 3 is 2.50 bits per heavy atom. The van der Waals surface area contributed by atoms with Crippen molar-refractivity contribution in [2.24, 2.45) is 5.41 Å². The lowest BCUT2D eigenvalue weighted by molar-refractivity contribution is -0.126. The van der Waals surface area contributed by atoms with Crippen LogP contribution in [0.4, 0.5) is 24.9 Å². The highest BCUT2D eigenvalue weighted by Gasteiger charge is 2.47. The standard InChI is InChI=1S/C35H43F3N8O2S2/c1-23-24(5-6-30-28(23)15-25(18-39)46(30)14-13-43-11-7-27(8-12-43)50(3,47)48)19-44-10-4-9-34(20-44)21-45(22-34)31-29-16-26(17-35(36,37)38)49-32(29)42-33(40-2)41-31/h5-6,15-16,27H,4,7-14,17,19-22H2,1-3H3,(H,40,41,42). The molecule has 1 aromatic carbocycles. The summed E-state index contributed by atoms with van der Waals surface area (Å²) in [5.41, 5.74) is 4.18. The van der Waals surface area contributed by atoms with Gasteiger partial charge in [-0.25, -0.2) is 13.4 Å². The molecule has 0 amide bonds. The van der Waals surface area contributed by atoms with E-state index in [1.165, 1.54) is 17.4 Å². The first-order valence-electron chi connectivity index (χ1n) is 17.2. The maximum atomic E-state index is 13.2. The van der Waals surface area contributed by atoms with Crippen LogP contribution in [0.3, 0.4) is 0 Å². The van der Waals surface area contributed by atoms with Crippen molar-refractivity contribution in [3.63, 3.8) is 0 Å². The number of piperidine rings is 2. The summed E-state index contributed by atoms with van der Waals surface area (Å²) < 4.78 is 65.5. The van der Waals surface area contributed by atoms with Gasteiger partial charge in [0, 0.05) is 73.8 Å². The van der Waals surface area contributed by atoms with Crippen LogP contribution in [-0.2, 0) is 29.3 Å². The molecule has 15 heteroatoms. The fraction of sp³-hybridized carbons (Fsp3) is 0.571. The van der Waals surface area contributed by atoms with E-state index in [-0.39, 0.29) is 15.5 Å². The Balaban J connectivity index is 1.02. The fourth-order valence-electron chi connectivity index (χ4n) is 8.28. The van der Waals surface area contributed by atoms with Gasteiger partial charge in [-0.3, -0.25) is 4.90 Å². The number of sulfone groups is 1. The third kappa shape index (κ3) is 7.04. The van der Waals surface area contributed by atoms with Crippen LogP contribution in [0, 0.1) is 23.7 Å². The summed E-state index contributed by atoms with van der Waals surface area (Å²) in [6.07, 6.45) is -0.460. The number of alkyl halides is 3. The number of halogens is 3. The number of thiophene rings is 1. The van der Waals surface area contributed by atoms with Crippen LogP contribution in [0.2, 0.25) is 0 Å². The zero-order chi connectivity index (χ0) is 35.4. The molecule has 0 aliphatic carbocycles. The van der Waals surface area contributed by atoms with Gasteiger partial charge in [-0.05, 0) is 81.6 Å². The van der Waals surface area contributed by atoms with Crippen molar-refractivity contribution in [1.82, 2.24) is 24.3 Å². The third-order valence-corrected chi connectivity index (χ3v) is 13.6. The molecule has 3 fully saturated rings. The number of nitrogens with one attached hydrogen (secondary N) is 1. The highest BCUT2D eigenvalue weighted by atomic mass is 32.2. The Morgan fingerprint density at radius 2 is 1.82 bits per heavy atom. The van der Waals surface area contributed by atoms with Gasteiger partial charge >= 0.3 is 6.18 Å². The maximum Gasteiger partial charge on any atom is 0.393 e. The summed E-state index contributed by atoms with van der Waals surface area (Å²) >= 11 is 1.08. The van der Waals surface area contributed by atoms with E-state index in [2.05, 4.69) is 59.7 Å². The van der Waals surface area contributed by atoms with Crippen LogP contribution < -0.4 is 10.2 Å². The molecule has 1 N–H and O–H groups in total. The molecule has 0 unspecified atom stereocenters. The minimum absolute atomic E-state index is 0.0885.